The van der Waals surface area contributed by atoms with E-state index in [1.807, 2.05) is 39.8 Å². The third-order valence-electron chi connectivity index (χ3n) is 9.35. The van der Waals surface area contributed by atoms with E-state index in [9.17, 15) is 38.4 Å². The zero-order valence-corrected chi connectivity index (χ0v) is 34.8. The first-order valence-corrected chi connectivity index (χ1v) is 20.0. The van der Waals surface area contributed by atoms with Crippen LogP contribution in [0.1, 0.15) is 125 Å². The molecule has 0 aliphatic heterocycles. The number of unbranched alkanes of at least 4 members (excludes halogenated alkanes) is 3. The Morgan fingerprint density at radius 2 is 1.40 bits per heavy atom. The van der Waals surface area contributed by atoms with E-state index in [2.05, 4.69) is 31.6 Å². The largest absolute Gasteiger partial charge is 0.370 e. The number of primary amides is 1. The number of nitrogens with two attached hydrogens (primary N) is 4. The van der Waals surface area contributed by atoms with Crippen molar-refractivity contribution in [3.8, 4) is 0 Å². The van der Waals surface area contributed by atoms with Gasteiger partial charge in [-0.05, 0) is 89.9 Å². The second kappa shape index (κ2) is 28.5. The topological polar surface area (TPSA) is 313 Å². The molecule has 0 saturated carbocycles. The molecule has 7 atom stereocenters. The van der Waals surface area contributed by atoms with Crippen LogP contribution in [0.4, 0.5) is 0 Å². The Labute approximate surface area is 337 Å². The molecular weight excluding hydrogens is 736 g/mol. The highest BCUT2D eigenvalue weighted by Crippen LogP contribution is 2.18. The van der Waals surface area contributed by atoms with E-state index in [0.29, 0.717) is 57.5 Å². The lowest BCUT2D eigenvalue weighted by Crippen LogP contribution is -2.62. The first kappa shape index (κ1) is 52.1. The maximum absolute atomic E-state index is 13.9. The number of aldehydes is 2. The summed E-state index contributed by atoms with van der Waals surface area (Å²) in [5, 5.41) is 13.6. The van der Waals surface area contributed by atoms with Crippen molar-refractivity contribution < 1.29 is 38.4 Å². The summed E-state index contributed by atoms with van der Waals surface area (Å²) in [6.45, 7) is 10.9. The number of nitrogens with one attached hydrogen (secondary N) is 5. The highest BCUT2D eigenvalue weighted by molar-refractivity contribution is 5.96. The van der Waals surface area contributed by atoms with E-state index in [-0.39, 0.29) is 68.8 Å². The minimum atomic E-state index is -1.50. The van der Waals surface area contributed by atoms with Gasteiger partial charge in [-0.2, -0.15) is 0 Å². The fraction of sp³-hybridized carbons (Fsp3) is 0.718. The average Bonchev–Trinajstić information content (AvgIpc) is 3.15. The third kappa shape index (κ3) is 23.1. The molecule has 0 unspecified atom stereocenters. The van der Waals surface area contributed by atoms with Crippen LogP contribution in [-0.2, 0) is 38.4 Å². The number of hydrogen-bond acceptors (Lipinski definition) is 10. The highest BCUT2D eigenvalue weighted by Gasteiger charge is 2.38. The van der Waals surface area contributed by atoms with Crippen LogP contribution in [0.15, 0.2) is 17.1 Å². The predicted molar refractivity (Wildman–Crippen MR) is 219 cm³/mol. The van der Waals surface area contributed by atoms with Crippen LogP contribution in [-0.4, -0.2) is 96.3 Å². The number of guanidine groups is 1. The molecule has 0 aromatic rings. The summed E-state index contributed by atoms with van der Waals surface area (Å²) >= 11 is 0. The molecule has 0 rings (SSSR count). The van der Waals surface area contributed by atoms with Gasteiger partial charge in [-0.25, -0.2) is 0 Å². The van der Waals surface area contributed by atoms with E-state index in [1.54, 1.807) is 6.92 Å². The van der Waals surface area contributed by atoms with Crippen LogP contribution >= 0.6 is 0 Å². The van der Waals surface area contributed by atoms with Gasteiger partial charge in [0.25, 0.3) is 0 Å². The second-order valence-corrected chi connectivity index (χ2v) is 15.3. The van der Waals surface area contributed by atoms with E-state index < -0.39 is 65.3 Å². The van der Waals surface area contributed by atoms with Crippen molar-refractivity contribution >= 4 is 54.0 Å². The maximum Gasteiger partial charge on any atom is 0.246 e. The molecule has 0 radical (unpaired) electrons. The molecule has 13 N–H and O–H groups in total. The lowest BCUT2D eigenvalue weighted by atomic mass is 9.91. The lowest BCUT2D eigenvalue weighted by molar-refractivity contribution is -0.136. The number of rotatable bonds is 31. The third-order valence-corrected chi connectivity index (χ3v) is 9.35. The maximum atomic E-state index is 13.9. The summed E-state index contributed by atoms with van der Waals surface area (Å²) in [7, 11) is 0. The Bertz CT molecular complexity index is 1370. The summed E-state index contributed by atoms with van der Waals surface area (Å²) in [4.78, 5) is 103. The molecule has 324 valence electrons. The summed E-state index contributed by atoms with van der Waals surface area (Å²) in [5.74, 6) is -3.33. The van der Waals surface area contributed by atoms with Crippen molar-refractivity contribution in [1.29, 1.82) is 0 Å². The zero-order chi connectivity index (χ0) is 43.6. The van der Waals surface area contributed by atoms with E-state index in [1.165, 1.54) is 6.92 Å². The lowest BCUT2D eigenvalue weighted by Gasteiger charge is -2.33. The number of allylic oxidation sites excluding steroid dienone is 2. The van der Waals surface area contributed by atoms with Crippen molar-refractivity contribution in [3.63, 3.8) is 0 Å². The molecule has 0 aliphatic rings. The van der Waals surface area contributed by atoms with Crippen LogP contribution < -0.4 is 49.5 Å². The monoisotopic (exact) mass is 807 g/mol. The van der Waals surface area contributed by atoms with Gasteiger partial charge in [0.2, 0.25) is 35.4 Å². The van der Waals surface area contributed by atoms with Crippen molar-refractivity contribution in [2.45, 2.75) is 161 Å². The highest BCUT2D eigenvalue weighted by atomic mass is 16.2. The zero-order valence-electron chi connectivity index (χ0n) is 34.8. The smallest absolute Gasteiger partial charge is 0.246 e. The van der Waals surface area contributed by atoms with Crippen molar-refractivity contribution in [2.75, 3.05) is 6.54 Å². The molecule has 0 bridgehead atoms. The SMILES string of the molecule is CC[C@@H](C)[C@H](NC(=O)CCCC/C=C\CCC[C@](C)(NC(=O)[C@@H](N)CCC(N)=O)C(=O)N[C@@H](CC(C)C)C(=O)N[C@@H](C=O)CCCN=C(N)N)C(=O)N[C@@H](C)C=O. The Morgan fingerprint density at radius 3 is 1.96 bits per heavy atom. The first-order valence-electron chi connectivity index (χ1n) is 20.0. The molecule has 18 nitrogen and oxygen atoms in total. The molecule has 57 heavy (non-hydrogen) atoms. The van der Waals surface area contributed by atoms with Gasteiger partial charge >= 0.3 is 0 Å². The summed E-state index contributed by atoms with van der Waals surface area (Å²) < 4.78 is 0. The van der Waals surface area contributed by atoms with Gasteiger partial charge in [0.05, 0.1) is 18.1 Å². The standard InChI is InChI=1S/C39H70N10O8/c1-7-26(4)33(36(56)45-27(5)23-50)48-32(53)17-13-11-9-8-10-12-14-20-39(6,49-34(54)29(40)18-19-31(41)52)37(57)47-30(22-25(2)3)35(55)46-28(24-51)16-15-21-44-38(42)43/h8,10,23-30,33H,7,9,11-22,40H2,1-6H3,(H2,41,52)(H,45,56)(H,46,55)(H,47,57)(H,48,53)(H,49,54)(H4,42,43,44)/b10-8-/t26-,27+,28-,29+,30+,33+,39+/m1/s1. The minimum Gasteiger partial charge on any atom is -0.370 e. The van der Waals surface area contributed by atoms with Gasteiger partial charge in [0.1, 0.15) is 30.2 Å². The van der Waals surface area contributed by atoms with Gasteiger partial charge in [-0.15, -0.1) is 0 Å². The molecule has 0 aliphatic carbocycles. The van der Waals surface area contributed by atoms with Crippen molar-refractivity contribution in [2.24, 2.45) is 39.8 Å². The minimum absolute atomic E-state index is 0.0215. The number of aliphatic imine (C=N–C) groups is 1. The van der Waals surface area contributed by atoms with Gasteiger partial charge in [0, 0.05) is 19.4 Å². The Morgan fingerprint density at radius 1 is 0.754 bits per heavy atom. The number of carbonyl (C=O) groups excluding carboxylic acids is 8. The van der Waals surface area contributed by atoms with Crippen LogP contribution in [0.25, 0.3) is 0 Å². The van der Waals surface area contributed by atoms with E-state index in [4.69, 9.17) is 22.9 Å². The fourth-order valence-electron chi connectivity index (χ4n) is 5.68. The molecule has 0 heterocycles. The van der Waals surface area contributed by atoms with Gasteiger partial charge < -0.3 is 59.1 Å². The number of hydrogen-bond donors (Lipinski definition) is 9. The summed E-state index contributed by atoms with van der Waals surface area (Å²) in [6.07, 6.45) is 10.0. The van der Waals surface area contributed by atoms with Gasteiger partial charge in [0.15, 0.2) is 5.96 Å². The van der Waals surface area contributed by atoms with Crippen LogP contribution in [0, 0.1) is 11.8 Å². The summed E-state index contributed by atoms with van der Waals surface area (Å²) in [5.41, 5.74) is 20.4. The molecule has 0 saturated heterocycles. The molecule has 0 spiro atoms. The molecule has 6 amide bonds. The molecule has 18 heteroatoms. The van der Waals surface area contributed by atoms with Crippen LogP contribution in [0.2, 0.25) is 0 Å². The quantitative estimate of drug-likeness (QED) is 0.0150. The molecule has 0 fully saturated rings. The number of carbonyl (C=O) groups is 8. The number of amides is 6. The molecule has 0 aromatic carbocycles. The first-order chi connectivity index (χ1) is 26.8. The Balaban J connectivity index is 5.53. The van der Waals surface area contributed by atoms with Gasteiger partial charge in [-0.3, -0.25) is 33.8 Å². The molecular formula is C39H70N10O8. The Hall–Kier alpha value is -4.87. The van der Waals surface area contributed by atoms with Crippen LogP contribution in [0.3, 0.4) is 0 Å². The van der Waals surface area contributed by atoms with Crippen LogP contribution in [0.5, 0.6) is 0 Å². The predicted octanol–water partition coefficient (Wildman–Crippen LogP) is 0.244. The summed E-state index contributed by atoms with van der Waals surface area (Å²) in [6, 6.07) is -4.36. The normalized spacial score (nSPS) is 15.4. The Kier molecular flexibility index (Phi) is 26.1. The fourth-order valence-corrected chi connectivity index (χ4v) is 5.68. The van der Waals surface area contributed by atoms with Crippen molar-refractivity contribution in [3.05, 3.63) is 12.2 Å². The van der Waals surface area contributed by atoms with E-state index in [0.717, 1.165) is 0 Å². The number of nitrogens with zero attached hydrogens (tertiary/aromatic N) is 1. The molecule has 0 aromatic heterocycles. The second-order valence-electron chi connectivity index (χ2n) is 15.3. The van der Waals surface area contributed by atoms with E-state index >= 15 is 0 Å². The average molecular weight is 807 g/mol. The van der Waals surface area contributed by atoms with Crippen molar-refractivity contribution in [1.82, 2.24) is 26.6 Å². The van der Waals surface area contributed by atoms with Gasteiger partial charge in [-0.1, -0.05) is 46.3 Å².